The summed E-state index contributed by atoms with van der Waals surface area (Å²) in [4.78, 5) is 30.3. The van der Waals surface area contributed by atoms with Crippen LogP contribution in [0.5, 0.6) is 5.75 Å². The van der Waals surface area contributed by atoms with Gasteiger partial charge in [-0.1, -0.05) is 41.4 Å². The summed E-state index contributed by atoms with van der Waals surface area (Å²) < 4.78 is 5.20. The second-order valence-electron chi connectivity index (χ2n) is 8.62. The third kappa shape index (κ3) is 4.56. The summed E-state index contributed by atoms with van der Waals surface area (Å²) in [7, 11) is 1.50. The Balaban J connectivity index is 1.89. The van der Waals surface area contributed by atoms with Crippen LogP contribution in [0.2, 0.25) is 5.02 Å². The Hall–Kier alpha value is -3.77. The molecule has 0 aromatic heterocycles. The molecule has 3 aromatic rings. The first-order chi connectivity index (χ1) is 17.3. The minimum Gasteiger partial charge on any atom is -0.507 e. The van der Waals surface area contributed by atoms with Crippen LogP contribution in [0, 0.1) is 6.92 Å². The molecule has 1 fully saturated rings. The lowest BCUT2D eigenvalue weighted by molar-refractivity contribution is -0.132. The first-order valence-corrected chi connectivity index (χ1v) is 12.2. The minimum atomic E-state index is -0.806. The highest BCUT2D eigenvalue weighted by Gasteiger charge is 2.47. The molecule has 1 unspecified atom stereocenters. The maximum atomic E-state index is 13.4. The summed E-state index contributed by atoms with van der Waals surface area (Å²) in [5, 5.41) is 11.6. The van der Waals surface area contributed by atoms with Crippen LogP contribution in [0.4, 0.5) is 11.4 Å². The number of anilines is 2. The number of benzene rings is 3. The molecule has 186 valence electrons. The molecule has 1 N–H and O–H groups in total. The highest BCUT2D eigenvalue weighted by Crippen LogP contribution is 2.43. The van der Waals surface area contributed by atoms with Gasteiger partial charge in [0.2, 0.25) is 0 Å². The van der Waals surface area contributed by atoms with Crippen molar-refractivity contribution in [3.63, 3.8) is 0 Å². The topological polar surface area (TPSA) is 70.1 Å². The Kier molecular flexibility index (Phi) is 7.36. The van der Waals surface area contributed by atoms with Gasteiger partial charge in [0, 0.05) is 30.0 Å². The van der Waals surface area contributed by atoms with Gasteiger partial charge in [-0.05, 0) is 68.8 Å². The second kappa shape index (κ2) is 10.5. The van der Waals surface area contributed by atoms with Crippen LogP contribution in [0.1, 0.15) is 36.6 Å². The number of rotatable bonds is 7. The highest BCUT2D eigenvalue weighted by atomic mass is 35.5. The quantitative estimate of drug-likeness (QED) is 0.238. The van der Waals surface area contributed by atoms with Gasteiger partial charge in [0.25, 0.3) is 11.7 Å². The number of carbonyl (C=O) groups is 2. The number of ether oxygens (including phenoxy) is 1. The third-order valence-corrected chi connectivity index (χ3v) is 6.81. The van der Waals surface area contributed by atoms with Gasteiger partial charge in [0.05, 0.1) is 23.7 Å². The number of amides is 1. The molecule has 0 aliphatic carbocycles. The van der Waals surface area contributed by atoms with Crippen LogP contribution in [0.25, 0.3) is 5.76 Å². The average molecular weight is 505 g/mol. The summed E-state index contributed by atoms with van der Waals surface area (Å²) in [5.74, 6) is -1.29. The summed E-state index contributed by atoms with van der Waals surface area (Å²) in [6.45, 7) is 7.84. The predicted octanol–water partition coefficient (Wildman–Crippen LogP) is 6.13. The fraction of sp³-hybridized carbons (Fsp3) is 0.241. The molecule has 1 heterocycles. The monoisotopic (exact) mass is 504 g/mol. The van der Waals surface area contributed by atoms with Gasteiger partial charge in [-0.15, -0.1) is 0 Å². The van der Waals surface area contributed by atoms with E-state index in [-0.39, 0.29) is 16.4 Å². The van der Waals surface area contributed by atoms with E-state index in [4.69, 9.17) is 16.3 Å². The number of nitrogens with zero attached hydrogens (tertiary/aromatic N) is 2. The van der Waals surface area contributed by atoms with E-state index >= 15 is 0 Å². The Morgan fingerprint density at radius 2 is 1.64 bits per heavy atom. The van der Waals surface area contributed by atoms with E-state index in [2.05, 4.69) is 18.7 Å². The number of hydrogen-bond donors (Lipinski definition) is 1. The minimum absolute atomic E-state index is 0.0115. The third-order valence-electron chi connectivity index (χ3n) is 6.52. The number of ketones is 1. The van der Waals surface area contributed by atoms with Gasteiger partial charge in [0.1, 0.15) is 11.5 Å². The predicted molar refractivity (Wildman–Crippen MR) is 144 cm³/mol. The zero-order chi connectivity index (χ0) is 26.0. The van der Waals surface area contributed by atoms with E-state index in [9.17, 15) is 14.7 Å². The van der Waals surface area contributed by atoms with Crippen LogP contribution in [-0.2, 0) is 9.59 Å². The van der Waals surface area contributed by atoms with E-state index in [0.29, 0.717) is 22.6 Å². The first kappa shape index (κ1) is 25.3. The summed E-state index contributed by atoms with van der Waals surface area (Å²) in [6, 6.07) is 19.1. The lowest BCUT2D eigenvalue weighted by atomic mass is 9.94. The van der Waals surface area contributed by atoms with Crippen molar-refractivity contribution in [3.05, 3.63) is 94.0 Å². The van der Waals surface area contributed by atoms with E-state index in [1.807, 2.05) is 55.5 Å². The number of aliphatic hydroxyl groups excluding tert-OH is 1. The number of aryl methyl sites for hydroxylation is 1. The second-order valence-corrected chi connectivity index (χ2v) is 9.02. The lowest BCUT2D eigenvalue weighted by Gasteiger charge is -2.27. The molecule has 0 bridgehead atoms. The molecule has 0 radical (unpaired) electrons. The Bertz CT molecular complexity index is 1310. The number of hydrogen-bond acceptors (Lipinski definition) is 5. The van der Waals surface area contributed by atoms with Crippen molar-refractivity contribution in [3.8, 4) is 5.75 Å². The summed E-state index contributed by atoms with van der Waals surface area (Å²) in [5.41, 5.74) is 3.70. The van der Waals surface area contributed by atoms with Gasteiger partial charge in [-0.2, -0.15) is 0 Å². The van der Waals surface area contributed by atoms with Gasteiger partial charge in [-0.25, -0.2) is 0 Å². The van der Waals surface area contributed by atoms with Crippen molar-refractivity contribution >= 4 is 40.4 Å². The molecule has 1 saturated heterocycles. The van der Waals surface area contributed by atoms with E-state index in [1.165, 1.54) is 18.1 Å². The van der Waals surface area contributed by atoms with Crippen molar-refractivity contribution in [2.24, 2.45) is 0 Å². The number of aliphatic hydroxyl groups is 1. The van der Waals surface area contributed by atoms with Crippen LogP contribution >= 0.6 is 11.6 Å². The number of halogens is 1. The van der Waals surface area contributed by atoms with Crippen molar-refractivity contribution in [2.75, 3.05) is 30.0 Å². The Morgan fingerprint density at radius 3 is 2.19 bits per heavy atom. The molecule has 7 heteroatoms. The molecule has 1 amide bonds. The molecule has 1 aliphatic heterocycles. The van der Waals surface area contributed by atoms with E-state index in [0.717, 1.165) is 24.3 Å². The van der Waals surface area contributed by atoms with Gasteiger partial charge < -0.3 is 14.7 Å². The van der Waals surface area contributed by atoms with Gasteiger partial charge in [0.15, 0.2) is 0 Å². The lowest BCUT2D eigenvalue weighted by Crippen LogP contribution is -2.29. The van der Waals surface area contributed by atoms with E-state index in [1.54, 1.807) is 12.1 Å². The molecular weight excluding hydrogens is 476 g/mol. The van der Waals surface area contributed by atoms with Crippen LogP contribution in [-0.4, -0.2) is 37.0 Å². The normalized spacial score (nSPS) is 16.9. The van der Waals surface area contributed by atoms with Crippen LogP contribution < -0.4 is 14.5 Å². The van der Waals surface area contributed by atoms with E-state index < -0.39 is 17.7 Å². The van der Waals surface area contributed by atoms with Crippen LogP contribution in [0.3, 0.4) is 0 Å². The van der Waals surface area contributed by atoms with Crippen molar-refractivity contribution in [2.45, 2.75) is 26.8 Å². The number of carbonyl (C=O) groups excluding carboxylic acids is 2. The molecule has 3 aromatic carbocycles. The largest absolute Gasteiger partial charge is 0.507 e. The SMILES string of the molecule is CCN(CC)c1ccc(C2/C(=C(/O)c3ccc(OC)c(Cl)c3)C(=O)C(=O)N2c2ccc(C)cc2)cc1. The van der Waals surface area contributed by atoms with Gasteiger partial charge in [-0.3, -0.25) is 14.5 Å². The van der Waals surface area contributed by atoms with Gasteiger partial charge >= 0.3 is 0 Å². The molecule has 1 aliphatic rings. The summed E-state index contributed by atoms with van der Waals surface area (Å²) in [6.07, 6.45) is 0. The molecule has 36 heavy (non-hydrogen) atoms. The zero-order valence-corrected chi connectivity index (χ0v) is 21.5. The first-order valence-electron chi connectivity index (χ1n) is 11.9. The Labute approximate surface area is 216 Å². The highest BCUT2D eigenvalue weighted by molar-refractivity contribution is 6.51. The number of Topliss-reactive ketones (excluding diaryl/α,β-unsaturated/α-hetero) is 1. The van der Waals surface area contributed by atoms with Crippen molar-refractivity contribution < 1.29 is 19.4 Å². The smallest absolute Gasteiger partial charge is 0.300 e. The zero-order valence-electron chi connectivity index (χ0n) is 20.8. The maximum Gasteiger partial charge on any atom is 0.300 e. The van der Waals surface area contributed by atoms with Crippen molar-refractivity contribution in [1.82, 2.24) is 0 Å². The Morgan fingerprint density at radius 1 is 1.00 bits per heavy atom. The average Bonchev–Trinajstić information content (AvgIpc) is 3.15. The molecular formula is C29H29ClN2O4. The van der Waals surface area contributed by atoms with Crippen LogP contribution in [0.15, 0.2) is 72.3 Å². The molecule has 4 rings (SSSR count). The van der Waals surface area contributed by atoms with Crippen molar-refractivity contribution in [1.29, 1.82) is 0 Å². The fourth-order valence-corrected chi connectivity index (χ4v) is 4.80. The maximum absolute atomic E-state index is 13.4. The standard InChI is InChI=1S/C29H29ClN2O4/c1-5-31(6-2)21-14-9-19(10-15-21)26-25(27(33)20-11-16-24(36-4)23(30)17-20)28(34)29(35)32(26)22-12-7-18(3)8-13-22/h7-17,26,33H,5-6H2,1-4H3/b27-25-. The molecule has 0 spiro atoms. The molecule has 0 saturated carbocycles. The molecule has 1 atom stereocenters. The summed E-state index contributed by atoms with van der Waals surface area (Å²) >= 11 is 6.29. The number of methoxy groups -OCH3 is 1. The molecule has 6 nitrogen and oxygen atoms in total. The fourth-order valence-electron chi connectivity index (χ4n) is 4.54.